The van der Waals surface area contributed by atoms with Crippen LogP contribution in [0.15, 0.2) is 39.9 Å². The highest BCUT2D eigenvalue weighted by atomic mass is 28.3. The van der Waals surface area contributed by atoms with Gasteiger partial charge in [-0.15, -0.1) is 0 Å². The largest absolute Gasteiger partial charge is 0.464 e. The van der Waals surface area contributed by atoms with E-state index < -0.39 is 8.07 Å². The number of fused-ring (bicyclic) bond motifs is 1. The number of hydrogen-bond donors (Lipinski definition) is 0. The van der Waals surface area contributed by atoms with E-state index in [9.17, 15) is 0 Å². The van der Waals surface area contributed by atoms with Crippen LogP contribution in [-0.4, -0.2) is 20.5 Å². The lowest BCUT2D eigenvalue weighted by molar-refractivity contribution is 0.615. The van der Waals surface area contributed by atoms with E-state index in [1.54, 1.807) is 0 Å². The van der Waals surface area contributed by atoms with Gasteiger partial charge in [-0.2, -0.15) is 0 Å². The molecule has 0 fully saturated rings. The first kappa shape index (κ1) is 11.1. The van der Waals surface area contributed by atoms with Gasteiger partial charge in [-0.05, 0) is 6.07 Å². The molecule has 1 heterocycles. The van der Waals surface area contributed by atoms with Crippen molar-refractivity contribution >= 4 is 24.4 Å². The molecular formula is C13H17NOSi. The Morgan fingerprint density at radius 3 is 2.50 bits per heavy atom. The standard InChI is InChI=1S/C13H17NOSi/c1-14-13(16(2,3)4)11-9-15-12-8-6-5-7-10(11)12/h5-9H,1-4H3. The van der Waals surface area contributed by atoms with Crippen LogP contribution in [0.1, 0.15) is 5.56 Å². The van der Waals surface area contributed by atoms with E-state index in [2.05, 4.69) is 30.7 Å². The zero-order valence-electron chi connectivity index (χ0n) is 10.2. The summed E-state index contributed by atoms with van der Waals surface area (Å²) in [6, 6.07) is 8.13. The Kier molecular flexibility index (Phi) is 2.72. The molecule has 0 atom stereocenters. The van der Waals surface area contributed by atoms with E-state index in [1.807, 2.05) is 31.5 Å². The third-order valence-corrected chi connectivity index (χ3v) is 4.58. The Labute approximate surface area is 97.0 Å². The predicted octanol–water partition coefficient (Wildman–Crippen LogP) is 3.73. The maximum absolute atomic E-state index is 5.57. The third kappa shape index (κ3) is 1.83. The minimum absolute atomic E-state index is 0.942. The predicted molar refractivity (Wildman–Crippen MR) is 72.0 cm³/mol. The van der Waals surface area contributed by atoms with Crippen molar-refractivity contribution in [2.45, 2.75) is 19.6 Å². The Hall–Kier alpha value is -1.35. The van der Waals surface area contributed by atoms with Gasteiger partial charge in [0, 0.05) is 23.3 Å². The SMILES string of the molecule is CN=C(c1coc2ccccc12)[Si](C)(C)C. The van der Waals surface area contributed by atoms with Gasteiger partial charge in [0.05, 0.1) is 0 Å². The number of nitrogens with zero attached hydrogens (tertiary/aromatic N) is 1. The third-order valence-electron chi connectivity index (χ3n) is 2.67. The molecule has 16 heavy (non-hydrogen) atoms. The molecule has 0 bridgehead atoms. The van der Waals surface area contributed by atoms with Gasteiger partial charge in [-0.25, -0.2) is 0 Å². The first-order valence-corrected chi connectivity index (χ1v) is 8.98. The van der Waals surface area contributed by atoms with Gasteiger partial charge in [0.1, 0.15) is 19.9 Å². The van der Waals surface area contributed by atoms with Gasteiger partial charge in [0.2, 0.25) is 0 Å². The molecule has 2 rings (SSSR count). The number of para-hydroxylation sites is 1. The average molecular weight is 231 g/mol. The number of furan rings is 1. The van der Waals surface area contributed by atoms with Crippen molar-refractivity contribution in [1.29, 1.82) is 0 Å². The van der Waals surface area contributed by atoms with Crippen LogP contribution in [0.2, 0.25) is 19.6 Å². The van der Waals surface area contributed by atoms with Crippen LogP contribution in [0.5, 0.6) is 0 Å². The molecule has 1 aromatic heterocycles. The lowest BCUT2D eigenvalue weighted by Crippen LogP contribution is -2.34. The highest BCUT2D eigenvalue weighted by molar-refractivity contribution is 7.06. The molecule has 0 spiro atoms. The number of aliphatic imine (C=N–C) groups is 1. The molecule has 0 aliphatic heterocycles. The fraction of sp³-hybridized carbons (Fsp3) is 0.308. The van der Waals surface area contributed by atoms with E-state index in [0.29, 0.717) is 0 Å². The highest BCUT2D eigenvalue weighted by Gasteiger charge is 2.25. The molecule has 0 saturated carbocycles. The van der Waals surface area contributed by atoms with Crippen LogP contribution < -0.4 is 0 Å². The highest BCUT2D eigenvalue weighted by Crippen LogP contribution is 2.24. The molecule has 0 aliphatic rings. The van der Waals surface area contributed by atoms with Crippen molar-refractivity contribution in [3.05, 3.63) is 36.1 Å². The summed E-state index contributed by atoms with van der Waals surface area (Å²) in [6.45, 7) is 6.91. The maximum Gasteiger partial charge on any atom is 0.134 e. The molecule has 0 aliphatic carbocycles. The van der Waals surface area contributed by atoms with Crippen molar-refractivity contribution in [3.63, 3.8) is 0 Å². The molecule has 1 aromatic carbocycles. The van der Waals surface area contributed by atoms with Gasteiger partial charge in [0.25, 0.3) is 0 Å². The monoisotopic (exact) mass is 231 g/mol. The summed E-state index contributed by atoms with van der Waals surface area (Å²) >= 11 is 0. The summed E-state index contributed by atoms with van der Waals surface area (Å²) in [5.41, 5.74) is 2.11. The van der Waals surface area contributed by atoms with Crippen LogP contribution in [0.3, 0.4) is 0 Å². The zero-order valence-corrected chi connectivity index (χ0v) is 11.2. The molecule has 0 radical (unpaired) electrons. The number of rotatable bonds is 2. The Bertz CT molecular complexity index is 534. The van der Waals surface area contributed by atoms with Crippen LogP contribution in [-0.2, 0) is 0 Å². The van der Waals surface area contributed by atoms with E-state index in [-0.39, 0.29) is 0 Å². The van der Waals surface area contributed by atoms with Gasteiger partial charge >= 0.3 is 0 Å². The van der Waals surface area contributed by atoms with Crippen molar-refractivity contribution < 1.29 is 4.42 Å². The average Bonchev–Trinajstić information content (AvgIpc) is 2.61. The summed E-state index contributed by atoms with van der Waals surface area (Å²) in [4.78, 5) is 4.47. The van der Waals surface area contributed by atoms with Crippen LogP contribution in [0, 0.1) is 0 Å². The van der Waals surface area contributed by atoms with Gasteiger partial charge in [-0.3, -0.25) is 4.99 Å². The second-order valence-electron chi connectivity index (χ2n) is 4.97. The topological polar surface area (TPSA) is 25.5 Å². The smallest absolute Gasteiger partial charge is 0.134 e. The second-order valence-corrected chi connectivity index (χ2v) is 9.94. The number of benzene rings is 1. The van der Waals surface area contributed by atoms with Crippen molar-refractivity contribution in [1.82, 2.24) is 0 Å². The summed E-state index contributed by atoms with van der Waals surface area (Å²) in [5.74, 6) is 0. The molecule has 84 valence electrons. The number of hydrogen-bond acceptors (Lipinski definition) is 2. The summed E-state index contributed by atoms with van der Waals surface area (Å²) in [6.07, 6.45) is 1.84. The maximum atomic E-state index is 5.57. The molecule has 0 N–H and O–H groups in total. The van der Waals surface area contributed by atoms with E-state index in [1.165, 1.54) is 10.7 Å². The lowest BCUT2D eigenvalue weighted by atomic mass is 10.2. The van der Waals surface area contributed by atoms with Crippen molar-refractivity contribution in [2.24, 2.45) is 4.99 Å². The lowest BCUT2D eigenvalue weighted by Gasteiger charge is -2.17. The summed E-state index contributed by atoms with van der Waals surface area (Å²) in [7, 11) is 0.452. The molecule has 3 heteroatoms. The molecule has 0 unspecified atom stereocenters. The Balaban J connectivity index is 2.64. The molecule has 2 nitrogen and oxygen atoms in total. The van der Waals surface area contributed by atoms with E-state index in [4.69, 9.17) is 4.42 Å². The van der Waals surface area contributed by atoms with Crippen LogP contribution in [0.25, 0.3) is 11.0 Å². The molecule has 0 amide bonds. The molecular weight excluding hydrogens is 214 g/mol. The normalized spacial score (nSPS) is 13.4. The fourth-order valence-electron chi connectivity index (χ4n) is 2.02. The van der Waals surface area contributed by atoms with E-state index in [0.717, 1.165) is 11.1 Å². The van der Waals surface area contributed by atoms with Gasteiger partial charge < -0.3 is 4.42 Å². The van der Waals surface area contributed by atoms with Gasteiger partial charge in [0.15, 0.2) is 0 Å². The Morgan fingerprint density at radius 1 is 1.19 bits per heavy atom. The van der Waals surface area contributed by atoms with E-state index >= 15 is 0 Å². The first-order valence-electron chi connectivity index (χ1n) is 5.48. The minimum atomic E-state index is -1.42. The molecule has 2 aromatic rings. The molecule has 0 saturated heterocycles. The van der Waals surface area contributed by atoms with Gasteiger partial charge in [-0.1, -0.05) is 37.8 Å². The second kappa shape index (κ2) is 3.90. The van der Waals surface area contributed by atoms with Crippen molar-refractivity contribution in [3.8, 4) is 0 Å². The zero-order chi connectivity index (χ0) is 11.8. The first-order chi connectivity index (χ1) is 7.54. The fourth-order valence-corrected chi connectivity index (χ4v) is 3.69. The van der Waals surface area contributed by atoms with Crippen molar-refractivity contribution in [2.75, 3.05) is 7.05 Å². The summed E-state index contributed by atoms with van der Waals surface area (Å²) < 4.78 is 5.57. The minimum Gasteiger partial charge on any atom is -0.464 e. The van der Waals surface area contributed by atoms with Crippen LogP contribution >= 0.6 is 0 Å². The quantitative estimate of drug-likeness (QED) is 0.571. The Morgan fingerprint density at radius 2 is 1.88 bits per heavy atom. The summed E-state index contributed by atoms with van der Waals surface area (Å²) in [5, 5.41) is 2.39. The van der Waals surface area contributed by atoms with Crippen LogP contribution in [0.4, 0.5) is 0 Å².